The maximum absolute atomic E-state index is 11.1. The third-order valence-electron chi connectivity index (χ3n) is 2.26. The SMILES string of the molecule is COc1ccc(C=CCNC(C)=O)c(C(=O)O)c1. The second kappa shape index (κ2) is 6.44. The molecular formula is C13H15NO4. The van der Waals surface area contributed by atoms with Gasteiger partial charge in [-0.15, -0.1) is 0 Å². The molecule has 0 radical (unpaired) electrons. The first-order chi connectivity index (χ1) is 8.54. The molecule has 0 aliphatic heterocycles. The zero-order valence-electron chi connectivity index (χ0n) is 10.3. The molecule has 0 saturated heterocycles. The second-order valence-corrected chi connectivity index (χ2v) is 3.60. The number of amides is 1. The Morgan fingerprint density at radius 1 is 1.44 bits per heavy atom. The van der Waals surface area contributed by atoms with Gasteiger partial charge in [0, 0.05) is 13.5 Å². The minimum atomic E-state index is -1.02. The van der Waals surface area contributed by atoms with E-state index in [1.807, 2.05) is 0 Å². The fourth-order valence-corrected chi connectivity index (χ4v) is 1.38. The van der Waals surface area contributed by atoms with E-state index in [1.54, 1.807) is 24.3 Å². The van der Waals surface area contributed by atoms with E-state index in [0.717, 1.165) is 0 Å². The topological polar surface area (TPSA) is 75.6 Å². The van der Waals surface area contributed by atoms with E-state index in [1.165, 1.54) is 20.1 Å². The van der Waals surface area contributed by atoms with Crippen LogP contribution in [-0.4, -0.2) is 30.6 Å². The summed E-state index contributed by atoms with van der Waals surface area (Å²) in [5, 5.41) is 11.7. The van der Waals surface area contributed by atoms with Gasteiger partial charge in [0.2, 0.25) is 5.91 Å². The van der Waals surface area contributed by atoms with Crippen molar-refractivity contribution in [2.45, 2.75) is 6.92 Å². The van der Waals surface area contributed by atoms with Crippen LogP contribution in [0.25, 0.3) is 6.08 Å². The highest BCUT2D eigenvalue weighted by Gasteiger charge is 2.09. The number of carboxylic acid groups (broad SMARTS) is 1. The van der Waals surface area contributed by atoms with Crippen molar-refractivity contribution in [2.75, 3.05) is 13.7 Å². The highest BCUT2D eigenvalue weighted by Crippen LogP contribution is 2.18. The highest BCUT2D eigenvalue weighted by molar-refractivity contribution is 5.92. The largest absolute Gasteiger partial charge is 0.497 e. The van der Waals surface area contributed by atoms with Crippen molar-refractivity contribution < 1.29 is 19.4 Å². The van der Waals surface area contributed by atoms with Gasteiger partial charge in [-0.2, -0.15) is 0 Å². The molecule has 0 bridgehead atoms. The lowest BCUT2D eigenvalue weighted by atomic mass is 10.1. The number of methoxy groups -OCH3 is 1. The Bertz CT molecular complexity index is 480. The van der Waals surface area contributed by atoms with E-state index in [2.05, 4.69) is 5.32 Å². The summed E-state index contributed by atoms with van der Waals surface area (Å²) >= 11 is 0. The van der Waals surface area contributed by atoms with Crippen LogP contribution < -0.4 is 10.1 Å². The lowest BCUT2D eigenvalue weighted by Gasteiger charge is -2.05. The van der Waals surface area contributed by atoms with Gasteiger partial charge in [-0.05, 0) is 17.7 Å². The van der Waals surface area contributed by atoms with E-state index in [4.69, 9.17) is 9.84 Å². The maximum Gasteiger partial charge on any atom is 0.336 e. The number of carbonyl (C=O) groups excluding carboxylic acids is 1. The number of hydrogen-bond acceptors (Lipinski definition) is 3. The zero-order chi connectivity index (χ0) is 13.5. The molecule has 0 heterocycles. The summed E-state index contributed by atoms with van der Waals surface area (Å²) in [4.78, 5) is 21.7. The molecule has 0 aromatic heterocycles. The Hall–Kier alpha value is -2.30. The van der Waals surface area contributed by atoms with Crippen LogP contribution >= 0.6 is 0 Å². The molecule has 0 unspecified atom stereocenters. The predicted molar refractivity (Wildman–Crippen MR) is 67.7 cm³/mol. The Labute approximate surface area is 105 Å². The summed E-state index contributed by atoms with van der Waals surface area (Å²) in [6.45, 7) is 1.78. The van der Waals surface area contributed by atoms with E-state index in [-0.39, 0.29) is 11.5 Å². The van der Waals surface area contributed by atoms with Crippen molar-refractivity contribution in [1.29, 1.82) is 0 Å². The van der Waals surface area contributed by atoms with Crippen molar-refractivity contribution >= 4 is 18.0 Å². The second-order valence-electron chi connectivity index (χ2n) is 3.60. The minimum Gasteiger partial charge on any atom is -0.497 e. The number of hydrogen-bond donors (Lipinski definition) is 2. The van der Waals surface area contributed by atoms with Gasteiger partial charge in [0.1, 0.15) is 5.75 Å². The molecule has 0 aliphatic carbocycles. The van der Waals surface area contributed by atoms with Crippen LogP contribution in [0.5, 0.6) is 5.75 Å². The number of carbonyl (C=O) groups is 2. The predicted octanol–water partition coefficient (Wildman–Crippen LogP) is 1.54. The molecule has 1 aromatic carbocycles. The molecule has 0 aliphatic rings. The molecule has 0 saturated carbocycles. The summed E-state index contributed by atoms with van der Waals surface area (Å²) in [5.41, 5.74) is 0.724. The monoisotopic (exact) mass is 249 g/mol. The zero-order valence-corrected chi connectivity index (χ0v) is 10.3. The Balaban J connectivity index is 2.87. The number of carboxylic acids is 1. The number of benzene rings is 1. The van der Waals surface area contributed by atoms with E-state index >= 15 is 0 Å². The number of ether oxygens (including phenoxy) is 1. The first kappa shape index (κ1) is 13.8. The quantitative estimate of drug-likeness (QED) is 0.830. The van der Waals surface area contributed by atoms with Crippen LogP contribution in [0.2, 0.25) is 0 Å². The average Bonchev–Trinajstić information content (AvgIpc) is 2.34. The summed E-state index contributed by atoms with van der Waals surface area (Å²) in [6, 6.07) is 4.80. The normalized spacial score (nSPS) is 10.3. The molecular weight excluding hydrogens is 234 g/mol. The molecule has 18 heavy (non-hydrogen) atoms. The van der Waals surface area contributed by atoms with Crippen LogP contribution in [0.15, 0.2) is 24.3 Å². The van der Waals surface area contributed by atoms with Gasteiger partial charge >= 0.3 is 5.97 Å². The van der Waals surface area contributed by atoms with Crippen LogP contribution in [0.4, 0.5) is 0 Å². The molecule has 1 rings (SSSR count). The molecule has 5 heteroatoms. The Morgan fingerprint density at radius 3 is 2.72 bits per heavy atom. The third-order valence-corrected chi connectivity index (χ3v) is 2.26. The highest BCUT2D eigenvalue weighted by atomic mass is 16.5. The molecule has 2 N–H and O–H groups in total. The molecule has 0 atom stereocenters. The van der Waals surface area contributed by atoms with Gasteiger partial charge < -0.3 is 15.2 Å². The summed E-state index contributed by atoms with van der Waals surface area (Å²) < 4.78 is 4.97. The summed E-state index contributed by atoms with van der Waals surface area (Å²) in [5.74, 6) is -0.660. The summed E-state index contributed by atoms with van der Waals surface area (Å²) in [6.07, 6.45) is 3.34. The molecule has 5 nitrogen and oxygen atoms in total. The Kier molecular flexibility index (Phi) is 4.92. The van der Waals surface area contributed by atoms with Crippen molar-refractivity contribution in [2.24, 2.45) is 0 Å². The molecule has 0 fully saturated rings. The first-order valence-corrected chi connectivity index (χ1v) is 5.37. The van der Waals surface area contributed by atoms with Crippen LogP contribution in [0.1, 0.15) is 22.8 Å². The minimum absolute atomic E-state index is 0.132. The fourth-order valence-electron chi connectivity index (χ4n) is 1.38. The van der Waals surface area contributed by atoms with Crippen molar-refractivity contribution in [1.82, 2.24) is 5.32 Å². The van der Waals surface area contributed by atoms with Gasteiger partial charge in [0.05, 0.1) is 12.7 Å². The van der Waals surface area contributed by atoms with Gasteiger partial charge in [0.15, 0.2) is 0 Å². The van der Waals surface area contributed by atoms with Gasteiger partial charge in [-0.25, -0.2) is 4.79 Å². The first-order valence-electron chi connectivity index (χ1n) is 5.37. The number of nitrogens with one attached hydrogen (secondary N) is 1. The van der Waals surface area contributed by atoms with Crippen LogP contribution in [-0.2, 0) is 4.79 Å². The lowest BCUT2D eigenvalue weighted by molar-refractivity contribution is -0.118. The van der Waals surface area contributed by atoms with E-state index in [9.17, 15) is 9.59 Å². The van der Waals surface area contributed by atoms with Gasteiger partial charge in [0.25, 0.3) is 0 Å². The average molecular weight is 249 g/mol. The van der Waals surface area contributed by atoms with Gasteiger partial charge in [-0.1, -0.05) is 18.2 Å². The lowest BCUT2D eigenvalue weighted by Crippen LogP contribution is -2.19. The fraction of sp³-hybridized carbons (Fsp3) is 0.231. The van der Waals surface area contributed by atoms with Crippen molar-refractivity contribution in [3.63, 3.8) is 0 Å². The van der Waals surface area contributed by atoms with E-state index in [0.29, 0.717) is 17.9 Å². The van der Waals surface area contributed by atoms with Crippen molar-refractivity contribution in [3.8, 4) is 5.75 Å². The molecule has 96 valence electrons. The standard InChI is InChI=1S/C13H15NO4/c1-9(15)14-7-3-4-10-5-6-11(18-2)8-12(10)13(16)17/h3-6,8H,7H2,1-2H3,(H,14,15)(H,16,17). The maximum atomic E-state index is 11.1. The third kappa shape index (κ3) is 3.93. The summed E-state index contributed by atoms with van der Waals surface area (Å²) in [7, 11) is 1.48. The Morgan fingerprint density at radius 2 is 2.17 bits per heavy atom. The molecule has 1 aromatic rings. The number of rotatable bonds is 5. The smallest absolute Gasteiger partial charge is 0.336 e. The molecule has 0 spiro atoms. The van der Waals surface area contributed by atoms with E-state index < -0.39 is 5.97 Å². The molecule has 1 amide bonds. The van der Waals surface area contributed by atoms with Crippen molar-refractivity contribution in [3.05, 3.63) is 35.4 Å². The number of aromatic carboxylic acids is 1. The van der Waals surface area contributed by atoms with Crippen LogP contribution in [0, 0.1) is 0 Å². The van der Waals surface area contributed by atoms with Gasteiger partial charge in [-0.3, -0.25) is 4.79 Å². The van der Waals surface area contributed by atoms with Crippen LogP contribution in [0.3, 0.4) is 0 Å².